The highest BCUT2D eigenvalue weighted by atomic mass is 32.2. The normalized spacial score (nSPS) is 20.1. The molecule has 1 aliphatic heterocycles. The van der Waals surface area contributed by atoms with Crippen LogP contribution in [0.15, 0.2) is 35.3 Å². The summed E-state index contributed by atoms with van der Waals surface area (Å²) < 4.78 is 0. The van der Waals surface area contributed by atoms with Crippen LogP contribution in [0.4, 0.5) is 5.69 Å². The summed E-state index contributed by atoms with van der Waals surface area (Å²) in [4.78, 5) is 30.3. The molecule has 0 bridgehead atoms. The van der Waals surface area contributed by atoms with Gasteiger partial charge in [0.2, 0.25) is 11.8 Å². The number of hydrogen-bond acceptors (Lipinski definition) is 4. The molecule has 2 amide bonds. The van der Waals surface area contributed by atoms with Crippen LogP contribution in [0, 0.1) is 0 Å². The summed E-state index contributed by atoms with van der Waals surface area (Å²) >= 11 is 1.38. The Kier molecular flexibility index (Phi) is 5.38. The second-order valence-electron chi connectivity index (χ2n) is 4.56. The topological polar surface area (TPSA) is 61.8 Å². The van der Waals surface area contributed by atoms with Gasteiger partial charge in [-0.1, -0.05) is 30.0 Å². The molecule has 0 aliphatic carbocycles. The Morgan fingerprint density at radius 1 is 1.33 bits per heavy atom. The van der Waals surface area contributed by atoms with Gasteiger partial charge in [0.15, 0.2) is 5.17 Å². The molecule has 112 valence electrons. The van der Waals surface area contributed by atoms with Crippen molar-refractivity contribution in [2.45, 2.75) is 25.5 Å². The van der Waals surface area contributed by atoms with Crippen molar-refractivity contribution >= 4 is 34.4 Å². The van der Waals surface area contributed by atoms with Crippen LogP contribution in [0.3, 0.4) is 0 Å². The summed E-state index contributed by atoms with van der Waals surface area (Å²) in [6.45, 7) is 5.06. The van der Waals surface area contributed by atoms with Gasteiger partial charge < -0.3 is 5.32 Å². The number of rotatable bonds is 5. The first kappa shape index (κ1) is 15.6. The third-order valence-corrected chi connectivity index (χ3v) is 4.27. The van der Waals surface area contributed by atoms with Crippen molar-refractivity contribution in [3.8, 4) is 0 Å². The van der Waals surface area contributed by atoms with Crippen molar-refractivity contribution in [3.05, 3.63) is 30.3 Å². The highest BCUT2D eigenvalue weighted by molar-refractivity contribution is 8.15. The van der Waals surface area contributed by atoms with Gasteiger partial charge in [0.1, 0.15) is 5.25 Å². The van der Waals surface area contributed by atoms with E-state index in [1.807, 2.05) is 44.2 Å². The molecule has 1 aliphatic rings. The van der Waals surface area contributed by atoms with Gasteiger partial charge in [0, 0.05) is 25.2 Å². The number of nitrogens with one attached hydrogen (secondary N) is 1. The first-order chi connectivity index (χ1) is 10.2. The summed E-state index contributed by atoms with van der Waals surface area (Å²) in [5.41, 5.74) is 0.743. The number of carbonyl (C=O) groups excluding carboxylic acids is 2. The first-order valence-corrected chi connectivity index (χ1v) is 7.91. The maximum atomic E-state index is 12.3. The molecule has 1 atom stereocenters. The molecular formula is C15H19N3O2S. The number of aliphatic imine (C=N–C) groups is 1. The third kappa shape index (κ3) is 3.85. The molecular weight excluding hydrogens is 286 g/mol. The number of anilines is 1. The second kappa shape index (κ2) is 7.26. The number of hydrogen-bond donors (Lipinski definition) is 1. The van der Waals surface area contributed by atoms with E-state index in [-0.39, 0.29) is 23.5 Å². The fourth-order valence-electron chi connectivity index (χ4n) is 2.09. The summed E-state index contributed by atoms with van der Waals surface area (Å²) in [6, 6.07) is 9.25. The SMILES string of the molecule is CCN=C1S[C@@H](CC(=O)Nc2ccccc2)C(=O)N1CC. The van der Waals surface area contributed by atoms with Crippen LogP contribution in [0.5, 0.6) is 0 Å². The molecule has 1 fully saturated rings. The standard InChI is InChI=1S/C15H19N3O2S/c1-3-16-15-18(4-2)14(20)12(21-15)10-13(19)17-11-8-6-5-7-9-11/h5-9,12H,3-4,10H2,1-2H3,(H,17,19)/t12-/m0/s1. The highest BCUT2D eigenvalue weighted by Crippen LogP contribution is 2.29. The molecule has 0 unspecified atom stereocenters. The minimum absolute atomic E-state index is 0.0297. The minimum atomic E-state index is -0.376. The molecule has 1 aromatic carbocycles. The van der Waals surface area contributed by atoms with Crippen LogP contribution in [-0.2, 0) is 9.59 Å². The van der Waals surface area contributed by atoms with Gasteiger partial charge in [-0.3, -0.25) is 19.5 Å². The fourth-order valence-corrected chi connectivity index (χ4v) is 3.36. The summed E-state index contributed by atoms with van der Waals surface area (Å²) in [7, 11) is 0. The molecule has 0 spiro atoms. The van der Waals surface area contributed by atoms with Gasteiger partial charge >= 0.3 is 0 Å². The van der Waals surface area contributed by atoms with Crippen molar-refractivity contribution in [3.63, 3.8) is 0 Å². The summed E-state index contributed by atoms with van der Waals surface area (Å²) in [5.74, 6) is -0.182. The predicted octanol–water partition coefficient (Wildman–Crippen LogP) is 2.36. The van der Waals surface area contributed by atoms with E-state index in [9.17, 15) is 9.59 Å². The largest absolute Gasteiger partial charge is 0.326 e. The zero-order chi connectivity index (χ0) is 15.2. The Hall–Kier alpha value is -1.82. The fraction of sp³-hybridized carbons (Fsp3) is 0.400. The molecule has 2 rings (SSSR count). The maximum absolute atomic E-state index is 12.3. The van der Waals surface area contributed by atoms with E-state index in [2.05, 4.69) is 10.3 Å². The number of para-hydroxylation sites is 1. The Labute approximate surface area is 128 Å². The zero-order valence-electron chi connectivity index (χ0n) is 12.2. The number of thioether (sulfide) groups is 1. The molecule has 0 aromatic heterocycles. The molecule has 21 heavy (non-hydrogen) atoms. The minimum Gasteiger partial charge on any atom is -0.326 e. The van der Waals surface area contributed by atoms with E-state index in [0.717, 1.165) is 10.9 Å². The quantitative estimate of drug-likeness (QED) is 0.908. The zero-order valence-corrected chi connectivity index (χ0v) is 13.0. The highest BCUT2D eigenvalue weighted by Gasteiger charge is 2.37. The van der Waals surface area contributed by atoms with Crippen molar-refractivity contribution in [1.82, 2.24) is 4.90 Å². The lowest BCUT2D eigenvalue weighted by atomic mass is 10.2. The van der Waals surface area contributed by atoms with Crippen molar-refractivity contribution in [2.24, 2.45) is 4.99 Å². The van der Waals surface area contributed by atoms with Crippen LogP contribution >= 0.6 is 11.8 Å². The van der Waals surface area contributed by atoms with Crippen LogP contribution < -0.4 is 5.32 Å². The molecule has 1 aromatic rings. The van der Waals surface area contributed by atoms with Crippen molar-refractivity contribution < 1.29 is 9.59 Å². The Morgan fingerprint density at radius 2 is 2.05 bits per heavy atom. The third-order valence-electron chi connectivity index (χ3n) is 3.06. The lowest BCUT2D eigenvalue weighted by Crippen LogP contribution is -2.33. The van der Waals surface area contributed by atoms with E-state index in [1.165, 1.54) is 11.8 Å². The van der Waals surface area contributed by atoms with Gasteiger partial charge in [-0.25, -0.2) is 0 Å². The lowest BCUT2D eigenvalue weighted by molar-refractivity contribution is -0.128. The number of amides is 2. The van der Waals surface area contributed by atoms with Crippen LogP contribution in [0.2, 0.25) is 0 Å². The van der Waals surface area contributed by atoms with Gasteiger partial charge in [-0.15, -0.1) is 0 Å². The van der Waals surface area contributed by atoms with Crippen molar-refractivity contribution in [1.29, 1.82) is 0 Å². The number of benzene rings is 1. The van der Waals surface area contributed by atoms with E-state index in [0.29, 0.717) is 13.1 Å². The Balaban J connectivity index is 1.98. The van der Waals surface area contributed by atoms with Gasteiger partial charge in [0.25, 0.3) is 0 Å². The number of amidine groups is 1. The van der Waals surface area contributed by atoms with Crippen molar-refractivity contribution in [2.75, 3.05) is 18.4 Å². The molecule has 1 saturated heterocycles. The molecule has 1 heterocycles. The number of nitrogens with zero attached hydrogens (tertiary/aromatic N) is 2. The summed E-state index contributed by atoms with van der Waals surface area (Å²) in [6.07, 6.45) is 0.164. The smallest absolute Gasteiger partial charge is 0.242 e. The van der Waals surface area contributed by atoms with Crippen LogP contribution in [0.1, 0.15) is 20.3 Å². The van der Waals surface area contributed by atoms with Gasteiger partial charge in [0.05, 0.1) is 0 Å². The maximum Gasteiger partial charge on any atom is 0.242 e. The predicted molar refractivity (Wildman–Crippen MR) is 86.4 cm³/mol. The van der Waals surface area contributed by atoms with Gasteiger partial charge in [-0.05, 0) is 26.0 Å². The molecule has 0 radical (unpaired) electrons. The average Bonchev–Trinajstić information content (AvgIpc) is 2.76. The molecule has 0 saturated carbocycles. The second-order valence-corrected chi connectivity index (χ2v) is 5.73. The number of carbonyl (C=O) groups is 2. The average molecular weight is 305 g/mol. The molecule has 1 N–H and O–H groups in total. The van der Waals surface area contributed by atoms with E-state index >= 15 is 0 Å². The van der Waals surface area contributed by atoms with Crippen LogP contribution in [0.25, 0.3) is 0 Å². The summed E-state index contributed by atoms with van der Waals surface area (Å²) in [5, 5.41) is 3.15. The lowest BCUT2D eigenvalue weighted by Gasteiger charge is -2.13. The van der Waals surface area contributed by atoms with E-state index < -0.39 is 0 Å². The molecule has 5 nitrogen and oxygen atoms in total. The van der Waals surface area contributed by atoms with E-state index in [4.69, 9.17) is 0 Å². The first-order valence-electron chi connectivity index (χ1n) is 7.03. The Bertz CT molecular complexity index is 545. The van der Waals surface area contributed by atoms with E-state index in [1.54, 1.807) is 4.90 Å². The van der Waals surface area contributed by atoms with Crippen LogP contribution in [-0.4, -0.2) is 40.2 Å². The molecule has 6 heteroatoms. The Morgan fingerprint density at radius 3 is 2.67 bits per heavy atom. The van der Waals surface area contributed by atoms with Gasteiger partial charge in [-0.2, -0.15) is 0 Å². The monoisotopic (exact) mass is 305 g/mol.